The van der Waals surface area contributed by atoms with Crippen LogP contribution in [-0.2, 0) is 4.74 Å². The highest BCUT2D eigenvalue weighted by molar-refractivity contribution is 5.17. The van der Waals surface area contributed by atoms with Crippen LogP contribution in [0.4, 0.5) is 0 Å². The first-order valence-electron chi connectivity index (χ1n) is 6.54. The van der Waals surface area contributed by atoms with Crippen LogP contribution in [0.1, 0.15) is 47.0 Å². The molecule has 3 atom stereocenters. The molecular formula is C15H24O2. The zero-order valence-electron chi connectivity index (χ0n) is 11.4. The lowest BCUT2D eigenvalue weighted by molar-refractivity contribution is 0.252. The second kappa shape index (κ2) is 4.25. The van der Waals surface area contributed by atoms with Gasteiger partial charge in [-0.2, -0.15) is 0 Å². The van der Waals surface area contributed by atoms with Gasteiger partial charge in [-0.15, -0.1) is 0 Å². The van der Waals surface area contributed by atoms with Crippen molar-refractivity contribution in [2.75, 3.05) is 0 Å². The second-order valence-corrected chi connectivity index (χ2v) is 6.40. The molecule has 1 N–H and O–H groups in total. The van der Waals surface area contributed by atoms with Crippen molar-refractivity contribution in [3.8, 4) is 0 Å². The van der Waals surface area contributed by atoms with Crippen LogP contribution in [0.25, 0.3) is 0 Å². The quantitative estimate of drug-likeness (QED) is 0.517. The number of allylic oxidation sites excluding steroid dienone is 2. The Balaban J connectivity index is 2.18. The van der Waals surface area contributed by atoms with E-state index in [1.54, 1.807) is 0 Å². The normalized spacial score (nSPS) is 46.1. The first-order chi connectivity index (χ1) is 7.82. The van der Waals surface area contributed by atoms with Crippen molar-refractivity contribution in [2.45, 2.75) is 64.8 Å². The summed E-state index contributed by atoms with van der Waals surface area (Å²) in [5.41, 5.74) is 1.20. The van der Waals surface area contributed by atoms with Gasteiger partial charge in [-0.3, -0.25) is 0 Å². The molecule has 2 unspecified atom stereocenters. The SMILES string of the molecule is C/C1=C\CCC2(C)OC2CC(C)(C)/C=C/[C@H]1O. The monoisotopic (exact) mass is 236 g/mol. The van der Waals surface area contributed by atoms with Crippen LogP contribution >= 0.6 is 0 Å². The number of aliphatic hydroxyl groups is 1. The summed E-state index contributed by atoms with van der Waals surface area (Å²) < 4.78 is 5.85. The Morgan fingerprint density at radius 3 is 2.76 bits per heavy atom. The van der Waals surface area contributed by atoms with Gasteiger partial charge in [-0.25, -0.2) is 0 Å². The van der Waals surface area contributed by atoms with Crippen LogP contribution in [0.3, 0.4) is 0 Å². The van der Waals surface area contributed by atoms with Crippen LogP contribution in [-0.4, -0.2) is 22.9 Å². The van der Waals surface area contributed by atoms with Gasteiger partial charge in [0.05, 0.1) is 17.8 Å². The maximum Gasteiger partial charge on any atom is 0.0929 e. The van der Waals surface area contributed by atoms with Crippen LogP contribution in [0.5, 0.6) is 0 Å². The number of rotatable bonds is 0. The minimum absolute atomic E-state index is 0.0666. The number of hydrogen-bond donors (Lipinski definition) is 1. The zero-order valence-corrected chi connectivity index (χ0v) is 11.4. The number of epoxide rings is 1. The smallest absolute Gasteiger partial charge is 0.0929 e. The summed E-state index contributed by atoms with van der Waals surface area (Å²) in [6.45, 7) is 8.60. The lowest BCUT2D eigenvalue weighted by Gasteiger charge is -2.20. The summed E-state index contributed by atoms with van der Waals surface area (Å²) in [5, 5.41) is 9.98. The van der Waals surface area contributed by atoms with Crippen LogP contribution in [0.2, 0.25) is 0 Å². The Bertz CT molecular complexity index is 354. The van der Waals surface area contributed by atoms with Gasteiger partial charge in [0.2, 0.25) is 0 Å². The topological polar surface area (TPSA) is 32.8 Å². The zero-order chi connectivity index (χ0) is 12.7. The largest absolute Gasteiger partial charge is 0.385 e. The molecule has 1 aliphatic heterocycles. The standard InChI is InChI=1S/C15H24O2/c1-11-6-5-8-15(4)13(17-15)10-14(2,3)9-7-12(11)16/h6-7,9,12-13,16H,5,8,10H2,1-4H3/b9-7+,11-6+/t12-,13?,15?/m1/s1. The van der Waals surface area contributed by atoms with E-state index >= 15 is 0 Å². The lowest BCUT2D eigenvalue weighted by Crippen LogP contribution is -2.17. The van der Waals surface area contributed by atoms with Crippen molar-refractivity contribution in [2.24, 2.45) is 5.41 Å². The molecule has 0 aromatic carbocycles. The molecule has 0 bridgehead atoms. The number of fused-ring (bicyclic) bond motifs is 1. The minimum atomic E-state index is -0.433. The summed E-state index contributed by atoms with van der Waals surface area (Å²) >= 11 is 0. The fraction of sp³-hybridized carbons (Fsp3) is 0.733. The maximum atomic E-state index is 9.98. The maximum absolute atomic E-state index is 9.98. The fourth-order valence-corrected chi connectivity index (χ4v) is 2.52. The van der Waals surface area contributed by atoms with Crippen molar-refractivity contribution in [3.63, 3.8) is 0 Å². The van der Waals surface area contributed by atoms with E-state index in [-0.39, 0.29) is 11.0 Å². The molecule has 0 amide bonds. The third kappa shape index (κ3) is 2.99. The molecule has 1 saturated heterocycles. The van der Waals surface area contributed by atoms with E-state index in [1.807, 2.05) is 13.0 Å². The molecule has 0 radical (unpaired) electrons. The van der Waals surface area contributed by atoms with Crippen molar-refractivity contribution < 1.29 is 9.84 Å². The van der Waals surface area contributed by atoms with Gasteiger partial charge in [-0.1, -0.05) is 32.1 Å². The molecule has 96 valence electrons. The van der Waals surface area contributed by atoms with E-state index in [4.69, 9.17) is 4.74 Å². The van der Waals surface area contributed by atoms with Gasteiger partial charge in [-0.05, 0) is 44.1 Å². The summed E-state index contributed by atoms with van der Waals surface area (Å²) in [5.74, 6) is 0. The Hall–Kier alpha value is -0.600. The first-order valence-corrected chi connectivity index (χ1v) is 6.54. The van der Waals surface area contributed by atoms with Crippen molar-refractivity contribution >= 4 is 0 Å². The van der Waals surface area contributed by atoms with E-state index in [1.165, 1.54) is 0 Å². The Morgan fingerprint density at radius 2 is 2.06 bits per heavy atom. The Kier molecular flexibility index (Phi) is 3.21. The van der Waals surface area contributed by atoms with E-state index < -0.39 is 6.10 Å². The van der Waals surface area contributed by atoms with E-state index in [0.29, 0.717) is 6.10 Å². The minimum Gasteiger partial charge on any atom is -0.385 e. The fourth-order valence-electron chi connectivity index (χ4n) is 2.52. The van der Waals surface area contributed by atoms with Crippen LogP contribution in [0.15, 0.2) is 23.8 Å². The van der Waals surface area contributed by atoms with Gasteiger partial charge in [0.15, 0.2) is 0 Å². The molecule has 2 rings (SSSR count). The molecule has 1 heterocycles. The van der Waals surface area contributed by atoms with Gasteiger partial charge < -0.3 is 9.84 Å². The van der Waals surface area contributed by atoms with Gasteiger partial charge in [0.1, 0.15) is 0 Å². The predicted molar refractivity (Wildman–Crippen MR) is 69.8 cm³/mol. The molecule has 17 heavy (non-hydrogen) atoms. The molecule has 2 heteroatoms. The predicted octanol–water partition coefficient (Wildman–Crippen LogP) is 3.22. The summed E-state index contributed by atoms with van der Waals surface area (Å²) in [4.78, 5) is 0. The Morgan fingerprint density at radius 1 is 1.35 bits per heavy atom. The highest BCUT2D eigenvalue weighted by Crippen LogP contribution is 2.46. The molecule has 1 aliphatic carbocycles. The number of hydrogen-bond acceptors (Lipinski definition) is 2. The summed E-state index contributed by atoms with van der Waals surface area (Å²) in [6, 6.07) is 0. The van der Waals surface area contributed by atoms with Crippen LogP contribution in [0, 0.1) is 5.41 Å². The molecule has 0 spiro atoms. The van der Waals surface area contributed by atoms with Crippen molar-refractivity contribution in [1.82, 2.24) is 0 Å². The highest BCUT2D eigenvalue weighted by Gasteiger charge is 2.52. The highest BCUT2D eigenvalue weighted by atomic mass is 16.6. The molecule has 0 aromatic rings. The van der Waals surface area contributed by atoms with Crippen LogP contribution < -0.4 is 0 Å². The van der Waals surface area contributed by atoms with Gasteiger partial charge >= 0.3 is 0 Å². The van der Waals surface area contributed by atoms with Gasteiger partial charge in [0, 0.05) is 0 Å². The van der Waals surface area contributed by atoms with Gasteiger partial charge in [0.25, 0.3) is 0 Å². The molecule has 0 saturated carbocycles. The summed E-state index contributed by atoms with van der Waals surface area (Å²) in [6.07, 6.45) is 9.20. The average molecular weight is 236 g/mol. The molecule has 0 aromatic heterocycles. The summed E-state index contributed by atoms with van der Waals surface area (Å²) in [7, 11) is 0. The van der Waals surface area contributed by atoms with E-state index in [0.717, 1.165) is 24.8 Å². The molecular weight excluding hydrogens is 212 g/mol. The number of ether oxygens (including phenoxy) is 1. The van der Waals surface area contributed by atoms with E-state index in [2.05, 4.69) is 32.9 Å². The van der Waals surface area contributed by atoms with E-state index in [9.17, 15) is 5.11 Å². The third-order valence-corrected chi connectivity index (χ3v) is 4.05. The average Bonchev–Trinajstić information content (AvgIpc) is 2.83. The third-order valence-electron chi connectivity index (χ3n) is 4.05. The van der Waals surface area contributed by atoms with Crippen molar-refractivity contribution in [1.29, 1.82) is 0 Å². The molecule has 1 fully saturated rings. The lowest BCUT2D eigenvalue weighted by atomic mass is 9.84. The first kappa shape index (κ1) is 12.8. The van der Waals surface area contributed by atoms with Crippen molar-refractivity contribution in [3.05, 3.63) is 23.8 Å². The Labute approximate surface area is 104 Å². The number of aliphatic hydroxyl groups excluding tert-OH is 1. The molecule has 2 aliphatic rings. The molecule has 2 nitrogen and oxygen atoms in total. The second-order valence-electron chi connectivity index (χ2n) is 6.40.